The Hall–Kier alpha value is -3.48. The number of hydrogen-bond acceptors (Lipinski definition) is 1. The van der Waals surface area contributed by atoms with Gasteiger partial charge in [0.2, 0.25) is 0 Å². The van der Waals surface area contributed by atoms with Gasteiger partial charge in [0.15, 0.2) is 0 Å². The minimum absolute atomic E-state index is 0.269. The number of benzene rings is 4. The van der Waals surface area contributed by atoms with E-state index in [2.05, 4.69) is 24.0 Å². The lowest BCUT2D eigenvalue weighted by molar-refractivity contribution is 0.195. The first-order valence-corrected chi connectivity index (χ1v) is 10.2. The topological polar surface area (TPSA) is 9.23 Å². The monoisotopic (exact) mass is 412 g/mol. The van der Waals surface area contributed by atoms with Crippen molar-refractivity contribution in [1.82, 2.24) is 0 Å². The molecule has 0 bridgehead atoms. The molecule has 0 aliphatic carbocycles. The maximum Gasteiger partial charge on any atom is 0.139 e. The lowest BCUT2D eigenvalue weighted by atomic mass is 10.0. The second-order valence-electron chi connectivity index (χ2n) is 7.44. The van der Waals surface area contributed by atoms with Crippen LogP contribution in [0.2, 0.25) is 0 Å². The predicted octanol–water partition coefficient (Wildman–Crippen LogP) is 6.76. The van der Waals surface area contributed by atoms with Gasteiger partial charge in [0.1, 0.15) is 11.6 Å². The van der Waals surface area contributed by atoms with Crippen molar-refractivity contribution >= 4 is 10.8 Å². The summed E-state index contributed by atoms with van der Waals surface area (Å²) < 4.78 is 33.1. The number of fused-ring (bicyclic) bond motifs is 1. The summed E-state index contributed by atoms with van der Waals surface area (Å²) in [4.78, 5) is 0. The molecule has 4 rings (SSSR count). The van der Waals surface area contributed by atoms with Gasteiger partial charge in [-0.3, -0.25) is 0 Å². The molecule has 154 valence electrons. The molecule has 0 aromatic heterocycles. The molecule has 1 nitrogen and oxygen atoms in total. The lowest BCUT2D eigenvalue weighted by Crippen LogP contribution is -1.92. The fourth-order valence-electron chi connectivity index (χ4n) is 3.51. The Morgan fingerprint density at radius 2 is 1.48 bits per heavy atom. The van der Waals surface area contributed by atoms with E-state index < -0.39 is 0 Å². The van der Waals surface area contributed by atoms with Gasteiger partial charge in [0, 0.05) is 19.3 Å². The molecule has 0 atom stereocenters. The van der Waals surface area contributed by atoms with Crippen molar-refractivity contribution in [3.05, 3.63) is 107 Å². The third-order valence-electron chi connectivity index (χ3n) is 5.21. The smallest absolute Gasteiger partial charge is 0.139 e. The van der Waals surface area contributed by atoms with Gasteiger partial charge < -0.3 is 4.74 Å². The molecule has 4 aromatic carbocycles. The molecule has 0 saturated heterocycles. The molecule has 0 fully saturated rings. The molecular formula is C28H22F2O. The molecule has 0 unspecified atom stereocenters. The molecule has 0 amide bonds. The summed E-state index contributed by atoms with van der Waals surface area (Å²) in [7, 11) is 1.70. The Bertz CT molecular complexity index is 1260. The van der Waals surface area contributed by atoms with Crippen LogP contribution in [0.15, 0.2) is 78.9 Å². The number of halogens is 2. The van der Waals surface area contributed by atoms with E-state index in [0.29, 0.717) is 5.56 Å². The van der Waals surface area contributed by atoms with Gasteiger partial charge in [0.25, 0.3) is 0 Å². The number of aryl methyl sites for hydroxylation is 1. The first-order chi connectivity index (χ1) is 15.1. The Morgan fingerprint density at radius 3 is 2.26 bits per heavy atom. The average molecular weight is 412 g/mol. The molecule has 0 heterocycles. The van der Waals surface area contributed by atoms with E-state index in [1.165, 1.54) is 23.8 Å². The van der Waals surface area contributed by atoms with Crippen molar-refractivity contribution in [3.63, 3.8) is 0 Å². The van der Waals surface area contributed by atoms with Crippen LogP contribution in [0.1, 0.15) is 23.1 Å². The second-order valence-corrected chi connectivity index (χ2v) is 7.44. The lowest BCUT2D eigenvalue weighted by Gasteiger charge is -2.06. The maximum absolute atomic E-state index is 14.7. The fourth-order valence-corrected chi connectivity index (χ4v) is 3.51. The molecule has 0 N–H and O–H groups in total. The van der Waals surface area contributed by atoms with Crippen molar-refractivity contribution in [2.75, 3.05) is 13.7 Å². The summed E-state index contributed by atoms with van der Waals surface area (Å²) in [5, 5.41) is 1.71. The normalized spacial score (nSPS) is 10.7. The van der Waals surface area contributed by atoms with Crippen LogP contribution < -0.4 is 0 Å². The number of ether oxygens (including phenoxy) is 1. The zero-order valence-electron chi connectivity index (χ0n) is 17.3. The summed E-state index contributed by atoms with van der Waals surface area (Å²) in [6, 6.07) is 23.4. The van der Waals surface area contributed by atoms with Gasteiger partial charge >= 0.3 is 0 Å². The molecule has 0 aliphatic rings. The third-order valence-corrected chi connectivity index (χ3v) is 5.21. The van der Waals surface area contributed by atoms with E-state index in [4.69, 9.17) is 4.74 Å². The van der Waals surface area contributed by atoms with E-state index in [0.717, 1.165) is 46.9 Å². The Kier molecular flexibility index (Phi) is 6.40. The van der Waals surface area contributed by atoms with Crippen LogP contribution in [0.25, 0.3) is 21.9 Å². The Balaban J connectivity index is 1.51. The zero-order valence-corrected chi connectivity index (χ0v) is 17.3. The van der Waals surface area contributed by atoms with Crippen molar-refractivity contribution in [2.45, 2.75) is 12.8 Å². The fraction of sp³-hybridized carbons (Fsp3) is 0.143. The second kappa shape index (κ2) is 9.55. The molecule has 4 aromatic rings. The Labute approximate surface area is 181 Å². The van der Waals surface area contributed by atoms with Gasteiger partial charge in [-0.25, -0.2) is 8.78 Å². The quantitative estimate of drug-likeness (QED) is 0.260. The molecule has 0 radical (unpaired) electrons. The summed E-state index contributed by atoms with van der Waals surface area (Å²) in [5.41, 5.74) is 4.13. The number of methoxy groups -OCH3 is 1. The van der Waals surface area contributed by atoms with E-state index in [-0.39, 0.29) is 11.6 Å². The molecule has 3 heteroatoms. The number of hydrogen-bond donors (Lipinski definition) is 0. The van der Waals surface area contributed by atoms with Crippen LogP contribution in [0.3, 0.4) is 0 Å². The van der Waals surface area contributed by atoms with Gasteiger partial charge in [-0.15, -0.1) is 0 Å². The summed E-state index contributed by atoms with van der Waals surface area (Å²) in [6.07, 6.45) is 1.94. The predicted molar refractivity (Wildman–Crippen MR) is 122 cm³/mol. The van der Waals surface area contributed by atoms with E-state index >= 15 is 0 Å². The summed E-state index contributed by atoms with van der Waals surface area (Å²) in [5.74, 6) is 5.30. The molecule has 31 heavy (non-hydrogen) atoms. The average Bonchev–Trinajstić information content (AvgIpc) is 2.79. The van der Waals surface area contributed by atoms with Gasteiger partial charge in [-0.2, -0.15) is 0 Å². The molecule has 0 saturated carbocycles. The molecule has 0 spiro atoms. The minimum Gasteiger partial charge on any atom is -0.385 e. The van der Waals surface area contributed by atoms with Gasteiger partial charge in [-0.1, -0.05) is 54.3 Å². The van der Waals surface area contributed by atoms with Crippen LogP contribution in [0.5, 0.6) is 0 Å². The van der Waals surface area contributed by atoms with Crippen LogP contribution in [0, 0.1) is 23.5 Å². The van der Waals surface area contributed by atoms with Crippen LogP contribution in [-0.2, 0) is 11.2 Å². The molecule has 0 aliphatic heterocycles. The highest BCUT2D eigenvalue weighted by Gasteiger charge is 2.04. The van der Waals surface area contributed by atoms with Crippen molar-refractivity contribution < 1.29 is 13.5 Å². The number of rotatable bonds is 5. The van der Waals surface area contributed by atoms with E-state index in [9.17, 15) is 8.78 Å². The van der Waals surface area contributed by atoms with Crippen molar-refractivity contribution in [2.24, 2.45) is 0 Å². The van der Waals surface area contributed by atoms with E-state index in [1.807, 2.05) is 36.4 Å². The van der Waals surface area contributed by atoms with Crippen molar-refractivity contribution in [3.8, 4) is 23.0 Å². The highest BCUT2D eigenvalue weighted by atomic mass is 19.1. The SMILES string of the molecule is COCCCc1ccc(-c2ccc(C#Cc3ccc4cc(F)ccc4c3)c(F)c2)cc1. The summed E-state index contributed by atoms with van der Waals surface area (Å²) in [6.45, 7) is 0.743. The van der Waals surface area contributed by atoms with Gasteiger partial charge in [-0.05, 0) is 76.7 Å². The standard InChI is InChI=1S/C28H22F2O/c1-31-16-2-3-20-4-8-22(9-5-20)26-13-12-23(28(30)19-26)10-6-21-7-11-25-18-27(29)15-14-24(25)17-21/h4-5,7-9,11-15,17-19H,2-3,16H2,1H3. The van der Waals surface area contributed by atoms with E-state index in [1.54, 1.807) is 19.2 Å². The minimum atomic E-state index is -0.350. The molecular weight excluding hydrogens is 390 g/mol. The highest BCUT2D eigenvalue weighted by Crippen LogP contribution is 2.23. The van der Waals surface area contributed by atoms with Crippen LogP contribution in [-0.4, -0.2) is 13.7 Å². The van der Waals surface area contributed by atoms with Crippen LogP contribution >= 0.6 is 0 Å². The maximum atomic E-state index is 14.7. The first kappa shape index (κ1) is 20.8. The largest absolute Gasteiger partial charge is 0.385 e. The third kappa shape index (κ3) is 5.17. The zero-order chi connectivity index (χ0) is 21.6. The van der Waals surface area contributed by atoms with Crippen molar-refractivity contribution in [1.29, 1.82) is 0 Å². The van der Waals surface area contributed by atoms with Crippen LogP contribution in [0.4, 0.5) is 8.78 Å². The summed E-state index contributed by atoms with van der Waals surface area (Å²) >= 11 is 0. The Morgan fingerprint density at radius 1 is 0.742 bits per heavy atom. The first-order valence-electron chi connectivity index (χ1n) is 10.2. The highest BCUT2D eigenvalue weighted by molar-refractivity contribution is 5.84. The van der Waals surface area contributed by atoms with Gasteiger partial charge in [0.05, 0.1) is 5.56 Å².